The van der Waals surface area contributed by atoms with Gasteiger partial charge in [-0.1, -0.05) is 30.3 Å². The summed E-state index contributed by atoms with van der Waals surface area (Å²) >= 11 is 0. The predicted octanol–water partition coefficient (Wildman–Crippen LogP) is 1.89. The van der Waals surface area contributed by atoms with E-state index < -0.39 is 15.9 Å². The summed E-state index contributed by atoms with van der Waals surface area (Å²) in [5.41, 5.74) is 3.86. The number of morpholine rings is 1. The number of hydrogen-bond donors (Lipinski definition) is 0. The van der Waals surface area contributed by atoms with Crippen LogP contribution in [0.3, 0.4) is 0 Å². The van der Waals surface area contributed by atoms with E-state index in [2.05, 4.69) is 4.90 Å². The Labute approximate surface area is 190 Å². The summed E-state index contributed by atoms with van der Waals surface area (Å²) in [5.74, 6) is 0.438. The Bertz CT molecular complexity index is 1060. The molecule has 2 atom stereocenters. The van der Waals surface area contributed by atoms with Gasteiger partial charge in [0.2, 0.25) is 5.91 Å². The van der Waals surface area contributed by atoms with E-state index in [-0.39, 0.29) is 23.5 Å². The van der Waals surface area contributed by atoms with E-state index >= 15 is 0 Å². The summed E-state index contributed by atoms with van der Waals surface area (Å²) in [7, 11) is -1.03. The highest BCUT2D eigenvalue weighted by Gasteiger charge is 2.34. The van der Waals surface area contributed by atoms with Crippen LogP contribution in [-0.4, -0.2) is 78.8 Å². The third kappa shape index (κ3) is 4.74. The van der Waals surface area contributed by atoms with E-state index in [1.165, 1.54) is 0 Å². The van der Waals surface area contributed by atoms with Crippen molar-refractivity contribution in [1.82, 2.24) is 19.6 Å². The fourth-order valence-electron chi connectivity index (χ4n) is 4.77. The molecule has 2 saturated heterocycles. The first kappa shape index (κ1) is 22.9. The van der Waals surface area contributed by atoms with Crippen LogP contribution in [0.1, 0.15) is 41.0 Å². The second kappa shape index (κ2) is 9.33. The second-order valence-electron chi connectivity index (χ2n) is 8.82. The number of hydrogen-bond acceptors (Lipinski definition) is 6. The Hall–Kier alpha value is -2.23. The van der Waals surface area contributed by atoms with Crippen LogP contribution in [-0.2, 0) is 25.9 Å². The molecule has 32 heavy (non-hydrogen) atoms. The second-order valence-corrected chi connectivity index (χ2v) is 11.0. The Morgan fingerprint density at radius 2 is 1.91 bits per heavy atom. The first-order chi connectivity index (χ1) is 15.3. The van der Waals surface area contributed by atoms with Crippen molar-refractivity contribution in [1.29, 1.82) is 0 Å². The largest absolute Gasteiger partial charge is 0.378 e. The van der Waals surface area contributed by atoms with Crippen LogP contribution in [0.25, 0.3) is 0 Å². The van der Waals surface area contributed by atoms with Crippen molar-refractivity contribution in [2.45, 2.75) is 38.9 Å². The van der Waals surface area contributed by atoms with Crippen molar-refractivity contribution in [3.05, 3.63) is 52.8 Å². The third-order valence-electron chi connectivity index (χ3n) is 6.55. The van der Waals surface area contributed by atoms with Gasteiger partial charge in [0.1, 0.15) is 6.04 Å². The van der Waals surface area contributed by atoms with E-state index in [1.54, 1.807) is 0 Å². The number of likely N-dealkylation sites (N-methyl/N-ethyl adjacent to an activating group) is 1. The van der Waals surface area contributed by atoms with Gasteiger partial charge in [-0.3, -0.25) is 14.4 Å². The van der Waals surface area contributed by atoms with Crippen LogP contribution >= 0.6 is 0 Å². The Kier molecular flexibility index (Phi) is 6.69. The van der Waals surface area contributed by atoms with Gasteiger partial charge in [0.05, 0.1) is 36.5 Å². The van der Waals surface area contributed by atoms with E-state index in [9.17, 15) is 13.2 Å². The molecular weight excluding hydrogens is 428 g/mol. The zero-order valence-corrected chi connectivity index (χ0v) is 19.8. The van der Waals surface area contributed by atoms with Gasteiger partial charge in [-0.2, -0.15) is 5.10 Å². The smallest absolute Gasteiger partial charge is 0.244 e. The molecular formula is C23H32N4O4S. The molecule has 1 aromatic heterocycles. The van der Waals surface area contributed by atoms with E-state index in [4.69, 9.17) is 9.84 Å². The lowest BCUT2D eigenvalue weighted by Crippen LogP contribution is -2.46. The number of sulfone groups is 1. The first-order valence-electron chi connectivity index (χ1n) is 11.1. The van der Waals surface area contributed by atoms with E-state index in [0.29, 0.717) is 39.3 Å². The zero-order chi connectivity index (χ0) is 22.9. The highest BCUT2D eigenvalue weighted by molar-refractivity contribution is 7.91. The van der Waals surface area contributed by atoms with Gasteiger partial charge in [0.25, 0.3) is 0 Å². The quantitative estimate of drug-likeness (QED) is 0.655. The Morgan fingerprint density at radius 1 is 1.22 bits per heavy atom. The molecule has 1 aromatic carbocycles. The SMILES string of the molecule is Cc1nn([C@@H]2CCS(=O)(=O)C2)c(C)c1CN(C)[C@@H](C(=O)N1CCOCC1)c1ccccc1. The number of rotatable bonds is 6. The lowest BCUT2D eigenvalue weighted by molar-refractivity contribution is -0.141. The molecule has 2 aliphatic heterocycles. The molecule has 174 valence electrons. The van der Waals surface area contributed by atoms with E-state index in [0.717, 1.165) is 22.5 Å². The van der Waals surface area contributed by atoms with Gasteiger partial charge >= 0.3 is 0 Å². The van der Waals surface area contributed by atoms with Crippen LogP contribution in [0, 0.1) is 13.8 Å². The van der Waals surface area contributed by atoms with Crippen molar-refractivity contribution in [2.75, 3.05) is 44.9 Å². The zero-order valence-electron chi connectivity index (χ0n) is 19.0. The van der Waals surface area contributed by atoms with Gasteiger partial charge in [0.15, 0.2) is 9.84 Å². The molecule has 3 heterocycles. The average molecular weight is 461 g/mol. The van der Waals surface area contributed by atoms with Gasteiger partial charge in [0, 0.05) is 30.9 Å². The fourth-order valence-corrected chi connectivity index (χ4v) is 6.46. The molecule has 2 fully saturated rings. The molecule has 0 saturated carbocycles. The monoisotopic (exact) mass is 460 g/mol. The number of benzene rings is 1. The van der Waals surface area contributed by atoms with Crippen molar-refractivity contribution in [3.8, 4) is 0 Å². The minimum absolute atomic E-state index is 0.0755. The fraction of sp³-hybridized carbons (Fsp3) is 0.565. The van der Waals surface area contributed by atoms with Crippen LogP contribution in [0.4, 0.5) is 0 Å². The number of carbonyl (C=O) groups excluding carboxylic acids is 1. The van der Waals surface area contributed by atoms with Crippen LogP contribution in [0.5, 0.6) is 0 Å². The normalized spacial score (nSPS) is 21.8. The van der Waals surface area contributed by atoms with Crippen molar-refractivity contribution < 1.29 is 17.9 Å². The van der Waals surface area contributed by atoms with Crippen LogP contribution < -0.4 is 0 Å². The van der Waals surface area contributed by atoms with Crippen LogP contribution in [0.2, 0.25) is 0 Å². The van der Waals surface area contributed by atoms with Gasteiger partial charge < -0.3 is 9.64 Å². The average Bonchev–Trinajstić information content (AvgIpc) is 3.28. The molecule has 8 nitrogen and oxygen atoms in total. The van der Waals surface area contributed by atoms with Gasteiger partial charge in [-0.15, -0.1) is 0 Å². The van der Waals surface area contributed by atoms with Crippen molar-refractivity contribution >= 4 is 15.7 Å². The molecule has 4 rings (SSSR count). The minimum Gasteiger partial charge on any atom is -0.378 e. The highest BCUT2D eigenvalue weighted by Crippen LogP contribution is 2.29. The lowest BCUT2D eigenvalue weighted by Gasteiger charge is -2.34. The molecule has 0 N–H and O–H groups in total. The van der Waals surface area contributed by atoms with E-state index in [1.807, 2.05) is 60.8 Å². The van der Waals surface area contributed by atoms with Crippen molar-refractivity contribution in [3.63, 3.8) is 0 Å². The maximum Gasteiger partial charge on any atom is 0.244 e. The number of aryl methyl sites for hydroxylation is 1. The summed E-state index contributed by atoms with van der Waals surface area (Å²) in [5, 5.41) is 4.69. The van der Waals surface area contributed by atoms with Crippen LogP contribution in [0.15, 0.2) is 30.3 Å². The predicted molar refractivity (Wildman–Crippen MR) is 122 cm³/mol. The highest BCUT2D eigenvalue weighted by atomic mass is 32.2. The summed E-state index contributed by atoms with van der Waals surface area (Å²) < 4.78 is 31.2. The molecule has 2 aliphatic rings. The molecule has 0 unspecified atom stereocenters. The number of aromatic nitrogens is 2. The Morgan fingerprint density at radius 3 is 2.53 bits per heavy atom. The van der Waals surface area contributed by atoms with Gasteiger partial charge in [-0.25, -0.2) is 8.42 Å². The summed E-state index contributed by atoms with van der Waals surface area (Å²) in [6, 6.07) is 9.32. The summed E-state index contributed by atoms with van der Waals surface area (Å²) in [4.78, 5) is 17.5. The standard InChI is InChI=1S/C23H32N4O4S/c1-17-21(18(2)27(24-17)20-9-14-32(29,30)16-20)15-25(3)22(19-7-5-4-6-8-19)23(28)26-10-12-31-13-11-26/h4-8,20,22H,9-16H2,1-3H3/t20-,22-/m1/s1. The number of ether oxygens (including phenoxy) is 1. The first-order valence-corrected chi connectivity index (χ1v) is 13.0. The number of carbonyl (C=O) groups is 1. The van der Waals surface area contributed by atoms with Gasteiger partial charge in [-0.05, 0) is 32.9 Å². The summed E-state index contributed by atoms with van der Waals surface area (Å²) in [6.07, 6.45) is 0.599. The van der Waals surface area contributed by atoms with Crippen molar-refractivity contribution in [2.24, 2.45) is 0 Å². The number of nitrogens with zero attached hydrogens (tertiary/aromatic N) is 4. The maximum atomic E-state index is 13.5. The molecule has 0 aliphatic carbocycles. The molecule has 9 heteroatoms. The topological polar surface area (TPSA) is 84.7 Å². The molecule has 2 aromatic rings. The molecule has 0 spiro atoms. The summed E-state index contributed by atoms with van der Waals surface area (Å²) in [6.45, 7) is 6.82. The number of amides is 1. The lowest BCUT2D eigenvalue weighted by atomic mass is 10.0. The molecule has 0 radical (unpaired) electrons. The molecule has 0 bridgehead atoms. The Balaban J connectivity index is 1.60. The molecule has 1 amide bonds. The third-order valence-corrected chi connectivity index (χ3v) is 8.30. The maximum absolute atomic E-state index is 13.5. The minimum atomic E-state index is -2.99.